The van der Waals surface area contributed by atoms with Crippen molar-refractivity contribution >= 4 is 11.6 Å². The predicted octanol–water partition coefficient (Wildman–Crippen LogP) is 3.33. The second-order valence-electron chi connectivity index (χ2n) is 6.71. The molecule has 0 aliphatic carbocycles. The average Bonchev–Trinajstić information content (AvgIpc) is 3.18. The van der Waals surface area contributed by atoms with Crippen LogP contribution in [0.3, 0.4) is 0 Å². The molecule has 1 unspecified atom stereocenters. The standard InChI is InChI=1S/C20H34N4O/c1-17(23-20(21-2)22-12-5-4-8-15-25-3)18-10-9-11-19(16-18)24-13-6-7-14-24/h9-11,16-17H,4-8,12-15H2,1-3H3,(H2,21,22,23). The van der Waals surface area contributed by atoms with Crippen LogP contribution in [0.4, 0.5) is 5.69 Å². The van der Waals surface area contributed by atoms with Gasteiger partial charge in [-0.3, -0.25) is 4.99 Å². The van der Waals surface area contributed by atoms with Gasteiger partial charge in [-0.15, -0.1) is 0 Å². The lowest BCUT2D eigenvalue weighted by Gasteiger charge is -2.22. The second kappa shape index (κ2) is 11.0. The molecule has 1 aliphatic rings. The van der Waals surface area contributed by atoms with Crippen molar-refractivity contribution < 1.29 is 4.74 Å². The molecule has 0 spiro atoms. The largest absolute Gasteiger partial charge is 0.385 e. The number of hydrogen-bond acceptors (Lipinski definition) is 3. The summed E-state index contributed by atoms with van der Waals surface area (Å²) in [4.78, 5) is 6.82. The maximum atomic E-state index is 5.08. The topological polar surface area (TPSA) is 48.9 Å². The molecule has 2 rings (SSSR count). The van der Waals surface area contributed by atoms with Crippen molar-refractivity contribution in [2.75, 3.05) is 45.3 Å². The van der Waals surface area contributed by atoms with Gasteiger partial charge >= 0.3 is 0 Å². The van der Waals surface area contributed by atoms with Crippen molar-refractivity contribution in [3.63, 3.8) is 0 Å². The monoisotopic (exact) mass is 346 g/mol. The number of methoxy groups -OCH3 is 1. The number of guanidine groups is 1. The van der Waals surface area contributed by atoms with Crippen LogP contribution in [0.2, 0.25) is 0 Å². The van der Waals surface area contributed by atoms with Gasteiger partial charge in [-0.25, -0.2) is 0 Å². The fourth-order valence-corrected chi connectivity index (χ4v) is 3.20. The molecule has 0 saturated carbocycles. The molecule has 1 aliphatic heterocycles. The SMILES string of the molecule is CN=C(NCCCCCOC)NC(C)c1cccc(N2CCCC2)c1. The minimum atomic E-state index is 0.224. The normalized spacial score (nSPS) is 16.1. The van der Waals surface area contributed by atoms with Crippen LogP contribution >= 0.6 is 0 Å². The summed E-state index contributed by atoms with van der Waals surface area (Å²) in [5.41, 5.74) is 2.64. The average molecular weight is 347 g/mol. The van der Waals surface area contributed by atoms with Gasteiger partial charge in [0.15, 0.2) is 5.96 Å². The predicted molar refractivity (Wildman–Crippen MR) is 107 cm³/mol. The first-order valence-corrected chi connectivity index (χ1v) is 9.55. The number of ether oxygens (including phenoxy) is 1. The fourth-order valence-electron chi connectivity index (χ4n) is 3.20. The number of benzene rings is 1. The van der Waals surface area contributed by atoms with Gasteiger partial charge in [0.2, 0.25) is 0 Å². The minimum Gasteiger partial charge on any atom is -0.385 e. The number of nitrogens with zero attached hydrogens (tertiary/aromatic N) is 2. The van der Waals surface area contributed by atoms with Crippen LogP contribution in [-0.4, -0.2) is 46.4 Å². The molecule has 1 fully saturated rings. The van der Waals surface area contributed by atoms with Gasteiger partial charge in [0.25, 0.3) is 0 Å². The van der Waals surface area contributed by atoms with Crippen molar-refractivity contribution in [3.05, 3.63) is 29.8 Å². The fraction of sp³-hybridized carbons (Fsp3) is 0.650. The molecule has 25 heavy (non-hydrogen) atoms. The summed E-state index contributed by atoms with van der Waals surface area (Å²) in [5, 5.41) is 6.90. The molecule has 2 N–H and O–H groups in total. The first kappa shape index (κ1) is 19.6. The Morgan fingerprint density at radius 2 is 2.04 bits per heavy atom. The van der Waals surface area contributed by atoms with E-state index in [9.17, 15) is 0 Å². The quantitative estimate of drug-likeness (QED) is 0.409. The molecule has 1 aromatic carbocycles. The van der Waals surface area contributed by atoms with Crippen LogP contribution in [-0.2, 0) is 4.74 Å². The number of nitrogens with one attached hydrogen (secondary N) is 2. The van der Waals surface area contributed by atoms with Crippen molar-refractivity contribution in [1.29, 1.82) is 0 Å². The van der Waals surface area contributed by atoms with Gasteiger partial charge in [0.05, 0.1) is 6.04 Å². The zero-order valence-electron chi connectivity index (χ0n) is 16.1. The van der Waals surface area contributed by atoms with Crippen LogP contribution in [0.1, 0.15) is 50.6 Å². The number of hydrogen-bond donors (Lipinski definition) is 2. The van der Waals surface area contributed by atoms with E-state index in [1.165, 1.54) is 43.6 Å². The summed E-state index contributed by atoms with van der Waals surface area (Å²) < 4.78 is 5.08. The molecular weight excluding hydrogens is 312 g/mol. The van der Waals surface area contributed by atoms with E-state index >= 15 is 0 Å². The lowest BCUT2D eigenvalue weighted by atomic mass is 10.1. The summed E-state index contributed by atoms with van der Waals surface area (Å²) in [6, 6.07) is 9.10. The molecule has 0 radical (unpaired) electrons. The smallest absolute Gasteiger partial charge is 0.191 e. The highest BCUT2D eigenvalue weighted by molar-refractivity contribution is 5.80. The maximum Gasteiger partial charge on any atom is 0.191 e. The highest BCUT2D eigenvalue weighted by Crippen LogP contribution is 2.23. The van der Waals surface area contributed by atoms with E-state index in [1.807, 2.05) is 7.05 Å². The van der Waals surface area contributed by atoms with E-state index in [1.54, 1.807) is 7.11 Å². The van der Waals surface area contributed by atoms with Crippen molar-refractivity contribution in [2.45, 2.75) is 45.1 Å². The molecule has 5 nitrogen and oxygen atoms in total. The third-order valence-corrected chi connectivity index (χ3v) is 4.74. The Hall–Kier alpha value is -1.75. The molecular formula is C20H34N4O. The zero-order valence-corrected chi connectivity index (χ0v) is 16.1. The van der Waals surface area contributed by atoms with Crippen LogP contribution in [0, 0.1) is 0 Å². The van der Waals surface area contributed by atoms with Crippen LogP contribution < -0.4 is 15.5 Å². The van der Waals surface area contributed by atoms with Crippen LogP contribution in [0.5, 0.6) is 0 Å². The Labute approximate surface area is 152 Å². The second-order valence-corrected chi connectivity index (χ2v) is 6.71. The van der Waals surface area contributed by atoms with Gasteiger partial charge in [0, 0.05) is 46.1 Å². The van der Waals surface area contributed by atoms with E-state index in [0.717, 1.165) is 32.0 Å². The Balaban J connectivity index is 1.80. The lowest BCUT2D eigenvalue weighted by Crippen LogP contribution is -2.39. The van der Waals surface area contributed by atoms with E-state index in [-0.39, 0.29) is 6.04 Å². The molecule has 5 heteroatoms. The minimum absolute atomic E-state index is 0.224. The third kappa shape index (κ3) is 6.58. The van der Waals surface area contributed by atoms with E-state index in [2.05, 4.69) is 51.7 Å². The molecule has 1 heterocycles. The van der Waals surface area contributed by atoms with Gasteiger partial charge in [-0.1, -0.05) is 12.1 Å². The van der Waals surface area contributed by atoms with Crippen LogP contribution in [0.25, 0.3) is 0 Å². The highest BCUT2D eigenvalue weighted by atomic mass is 16.5. The Bertz CT molecular complexity index is 526. The molecule has 1 atom stereocenters. The Kier molecular flexibility index (Phi) is 8.60. The number of unbranched alkanes of at least 4 members (excludes halogenated alkanes) is 2. The van der Waals surface area contributed by atoms with Crippen LogP contribution in [0.15, 0.2) is 29.3 Å². The van der Waals surface area contributed by atoms with Crippen molar-refractivity contribution in [2.24, 2.45) is 4.99 Å². The van der Waals surface area contributed by atoms with Crippen molar-refractivity contribution in [1.82, 2.24) is 10.6 Å². The van der Waals surface area contributed by atoms with E-state index in [0.29, 0.717) is 0 Å². The van der Waals surface area contributed by atoms with Gasteiger partial charge < -0.3 is 20.3 Å². The summed E-state index contributed by atoms with van der Waals surface area (Å²) >= 11 is 0. The first-order valence-electron chi connectivity index (χ1n) is 9.55. The van der Waals surface area contributed by atoms with Gasteiger partial charge in [-0.05, 0) is 56.7 Å². The summed E-state index contributed by atoms with van der Waals surface area (Å²) in [6.07, 6.45) is 6.02. The van der Waals surface area contributed by atoms with Gasteiger partial charge in [-0.2, -0.15) is 0 Å². The number of rotatable bonds is 9. The first-order chi connectivity index (χ1) is 12.2. The maximum absolute atomic E-state index is 5.08. The molecule has 1 aromatic rings. The molecule has 140 valence electrons. The summed E-state index contributed by atoms with van der Waals surface area (Å²) in [7, 11) is 3.58. The highest BCUT2D eigenvalue weighted by Gasteiger charge is 2.14. The molecule has 0 bridgehead atoms. The summed E-state index contributed by atoms with van der Waals surface area (Å²) in [5.74, 6) is 0.866. The molecule has 0 amide bonds. The zero-order chi connectivity index (χ0) is 17.9. The number of aliphatic imine (C=N–C) groups is 1. The lowest BCUT2D eigenvalue weighted by molar-refractivity contribution is 0.192. The summed E-state index contributed by atoms with van der Waals surface area (Å²) in [6.45, 7) is 6.32. The van der Waals surface area contributed by atoms with Gasteiger partial charge in [0.1, 0.15) is 0 Å². The molecule has 1 saturated heterocycles. The Morgan fingerprint density at radius 1 is 1.24 bits per heavy atom. The van der Waals surface area contributed by atoms with Crippen molar-refractivity contribution in [3.8, 4) is 0 Å². The third-order valence-electron chi connectivity index (χ3n) is 4.74. The molecule has 0 aromatic heterocycles. The Morgan fingerprint density at radius 3 is 2.76 bits per heavy atom. The number of anilines is 1. The van der Waals surface area contributed by atoms with E-state index in [4.69, 9.17) is 4.74 Å². The van der Waals surface area contributed by atoms with E-state index < -0.39 is 0 Å².